The molecule has 0 amide bonds. The molecule has 0 radical (unpaired) electrons. The maximum absolute atomic E-state index is 5.11. The van der Waals surface area contributed by atoms with E-state index in [1.54, 1.807) is 0 Å². The second kappa shape index (κ2) is 7.31. The summed E-state index contributed by atoms with van der Waals surface area (Å²) in [5, 5.41) is 0. The van der Waals surface area contributed by atoms with E-state index in [9.17, 15) is 0 Å². The summed E-state index contributed by atoms with van der Waals surface area (Å²) < 4.78 is 5.11. The fraction of sp³-hybridized carbons (Fsp3) is 1.00. The van der Waals surface area contributed by atoms with Gasteiger partial charge in [-0.3, -0.25) is 0 Å². The molecule has 0 aliphatic rings. The average molecular weight is 134 g/mol. The number of ether oxygens (including phenoxy) is 1. The molecule has 0 fully saturated rings. The van der Waals surface area contributed by atoms with Crippen LogP contribution in [0.2, 0.25) is 0 Å². The monoisotopic (exact) mass is 134 g/mol. The van der Waals surface area contributed by atoms with E-state index in [-0.39, 0.29) is 0 Å². The highest BCUT2D eigenvalue weighted by Gasteiger charge is 1.82. The Hall–Kier alpha value is 0.310. The van der Waals surface area contributed by atoms with Gasteiger partial charge < -0.3 is 4.74 Å². The first-order valence-electron chi connectivity index (χ1n) is 3.07. The maximum atomic E-state index is 5.11. The molecule has 0 aromatic heterocycles. The van der Waals surface area contributed by atoms with Crippen molar-refractivity contribution in [3.8, 4) is 0 Å². The largest absolute Gasteiger partial charge is 0.381 e. The molecule has 2 heteroatoms. The van der Waals surface area contributed by atoms with E-state index < -0.39 is 0 Å². The highest BCUT2D eigenvalue weighted by atomic mass is 32.2. The van der Waals surface area contributed by atoms with Gasteiger partial charge in [0.1, 0.15) is 0 Å². The quantitative estimate of drug-likeness (QED) is 0.530. The van der Waals surface area contributed by atoms with Gasteiger partial charge in [0.25, 0.3) is 0 Å². The Balaban J connectivity index is 2.53. The second-order valence-corrected chi connectivity index (χ2v) is 2.79. The zero-order chi connectivity index (χ0) is 6.24. The van der Waals surface area contributed by atoms with Gasteiger partial charge in [-0.2, -0.15) is 11.8 Å². The lowest BCUT2D eigenvalue weighted by atomic mass is 10.8. The van der Waals surface area contributed by atoms with Crippen molar-refractivity contribution in [2.45, 2.75) is 13.8 Å². The fourth-order valence-corrected chi connectivity index (χ4v) is 0.931. The summed E-state index contributed by atoms with van der Waals surface area (Å²) in [5.41, 5.74) is 0. The van der Waals surface area contributed by atoms with Gasteiger partial charge in [-0.1, -0.05) is 6.92 Å². The van der Waals surface area contributed by atoms with Crippen molar-refractivity contribution >= 4 is 11.8 Å². The summed E-state index contributed by atoms with van der Waals surface area (Å²) >= 11 is 1.92. The van der Waals surface area contributed by atoms with Crippen molar-refractivity contribution in [2.75, 3.05) is 24.7 Å². The SMILES string of the molecule is CCOCCSCC. The minimum atomic E-state index is 0.851. The molecule has 0 aromatic rings. The van der Waals surface area contributed by atoms with Gasteiger partial charge >= 0.3 is 0 Å². The Labute approximate surface area is 55.8 Å². The van der Waals surface area contributed by atoms with Gasteiger partial charge in [0, 0.05) is 12.4 Å². The van der Waals surface area contributed by atoms with Crippen molar-refractivity contribution in [1.29, 1.82) is 0 Å². The molecule has 0 saturated carbocycles. The van der Waals surface area contributed by atoms with E-state index >= 15 is 0 Å². The van der Waals surface area contributed by atoms with Gasteiger partial charge in [-0.25, -0.2) is 0 Å². The first-order valence-corrected chi connectivity index (χ1v) is 4.22. The summed E-state index contributed by atoms with van der Waals surface area (Å²) in [7, 11) is 0. The lowest BCUT2D eigenvalue weighted by molar-refractivity contribution is 0.164. The van der Waals surface area contributed by atoms with Crippen LogP contribution in [-0.4, -0.2) is 24.7 Å². The Bertz CT molecular complexity index is 33.5. The Morgan fingerprint density at radius 1 is 1.38 bits per heavy atom. The standard InChI is InChI=1S/C6H14OS/c1-3-7-5-6-8-4-2/h3-6H2,1-2H3. The molecule has 50 valence electrons. The lowest BCUT2D eigenvalue weighted by Gasteiger charge is -1.96. The second-order valence-electron chi connectivity index (χ2n) is 1.39. The van der Waals surface area contributed by atoms with Crippen LogP contribution in [0.3, 0.4) is 0 Å². The van der Waals surface area contributed by atoms with Crippen molar-refractivity contribution < 1.29 is 4.74 Å². The van der Waals surface area contributed by atoms with Crippen molar-refractivity contribution in [1.82, 2.24) is 0 Å². The van der Waals surface area contributed by atoms with E-state index in [0.717, 1.165) is 19.0 Å². The number of thioether (sulfide) groups is 1. The lowest BCUT2D eigenvalue weighted by Crippen LogP contribution is -1.95. The third kappa shape index (κ3) is 6.31. The van der Waals surface area contributed by atoms with Gasteiger partial charge in [-0.15, -0.1) is 0 Å². The molecule has 0 saturated heterocycles. The smallest absolute Gasteiger partial charge is 0.0556 e. The molecule has 8 heavy (non-hydrogen) atoms. The van der Waals surface area contributed by atoms with Crippen LogP contribution in [0.1, 0.15) is 13.8 Å². The molecule has 0 bridgehead atoms. The van der Waals surface area contributed by atoms with E-state index in [1.807, 2.05) is 18.7 Å². The van der Waals surface area contributed by atoms with Crippen LogP contribution in [0.25, 0.3) is 0 Å². The molecule has 1 nitrogen and oxygen atoms in total. The highest BCUT2D eigenvalue weighted by molar-refractivity contribution is 7.99. The van der Waals surface area contributed by atoms with Gasteiger partial charge in [0.05, 0.1) is 6.61 Å². The zero-order valence-electron chi connectivity index (χ0n) is 5.64. The molecule has 0 aliphatic carbocycles. The molecular formula is C6H14OS. The predicted octanol–water partition coefficient (Wildman–Crippen LogP) is 1.78. The van der Waals surface area contributed by atoms with E-state index in [1.165, 1.54) is 5.75 Å². The van der Waals surface area contributed by atoms with Gasteiger partial charge in [-0.05, 0) is 12.7 Å². The van der Waals surface area contributed by atoms with Crippen LogP contribution < -0.4 is 0 Å². The van der Waals surface area contributed by atoms with Crippen LogP contribution in [0.4, 0.5) is 0 Å². The normalized spacial score (nSPS) is 9.75. The van der Waals surface area contributed by atoms with E-state index in [0.29, 0.717) is 0 Å². The number of hydrogen-bond acceptors (Lipinski definition) is 2. The molecule has 0 aromatic carbocycles. The van der Waals surface area contributed by atoms with Gasteiger partial charge in [0.2, 0.25) is 0 Å². The average Bonchev–Trinajstić information content (AvgIpc) is 1.81. The van der Waals surface area contributed by atoms with Crippen LogP contribution in [0.15, 0.2) is 0 Å². The topological polar surface area (TPSA) is 9.23 Å². The predicted molar refractivity (Wildman–Crippen MR) is 39.5 cm³/mol. The van der Waals surface area contributed by atoms with Crippen LogP contribution in [0, 0.1) is 0 Å². The molecular weight excluding hydrogens is 120 g/mol. The molecule has 0 N–H and O–H groups in total. The summed E-state index contributed by atoms with van der Waals surface area (Å²) in [6.45, 7) is 5.95. The Morgan fingerprint density at radius 3 is 2.62 bits per heavy atom. The molecule has 0 atom stereocenters. The Kier molecular flexibility index (Phi) is 7.59. The molecule has 0 spiro atoms. The molecule has 0 aliphatic heterocycles. The molecule has 0 heterocycles. The van der Waals surface area contributed by atoms with E-state index in [2.05, 4.69) is 6.92 Å². The minimum absolute atomic E-state index is 0.851. The first-order chi connectivity index (χ1) is 3.91. The van der Waals surface area contributed by atoms with Crippen molar-refractivity contribution in [3.63, 3.8) is 0 Å². The highest BCUT2D eigenvalue weighted by Crippen LogP contribution is 1.96. The molecule has 0 rings (SSSR count). The molecule has 0 unspecified atom stereocenters. The summed E-state index contributed by atoms with van der Waals surface area (Å²) in [6.07, 6.45) is 0. The van der Waals surface area contributed by atoms with Crippen LogP contribution >= 0.6 is 11.8 Å². The van der Waals surface area contributed by atoms with E-state index in [4.69, 9.17) is 4.74 Å². The fourth-order valence-electron chi connectivity index (χ4n) is 0.407. The Morgan fingerprint density at radius 2 is 2.12 bits per heavy atom. The van der Waals surface area contributed by atoms with Gasteiger partial charge in [0.15, 0.2) is 0 Å². The third-order valence-electron chi connectivity index (χ3n) is 0.780. The van der Waals surface area contributed by atoms with Crippen molar-refractivity contribution in [2.24, 2.45) is 0 Å². The minimum Gasteiger partial charge on any atom is -0.381 e. The zero-order valence-corrected chi connectivity index (χ0v) is 6.46. The van der Waals surface area contributed by atoms with Crippen LogP contribution in [-0.2, 0) is 4.74 Å². The number of hydrogen-bond donors (Lipinski definition) is 0. The van der Waals surface area contributed by atoms with Crippen LogP contribution in [0.5, 0.6) is 0 Å². The maximum Gasteiger partial charge on any atom is 0.0556 e. The summed E-state index contributed by atoms with van der Waals surface area (Å²) in [5.74, 6) is 2.34. The first kappa shape index (κ1) is 8.31. The summed E-state index contributed by atoms with van der Waals surface area (Å²) in [6, 6.07) is 0. The summed E-state index contributed by atoms with van der Waals surface area (Å²) in [4.78, 5) is 0. The number of rotatable bonds is 5. The van der Waals surface area contributed by atoms with Crippen molar-refractivity contribution in [3.05, 3.63) is 0 Å². The third-order valence-corrected chi connectivity index (χ3v) is 1.64.